The molecule has 8 heteroatoms. The number of nitrogens with one attached hydrogen (secondary N) is 2. The minimum Gasteiger partial charge on any atom is -0.497 e. The third-order valence-electron chi connectivity index (χ3n) is 5.55. The molecule has 176 valence electrons. The van der Waals surface area contributed by atoms with Gasteiger partial charge in [-0.25, -0.2) is 8.42 Å². The van der Waals surface area contributed by atoms with E-state index in [1.54, 1.807) is 49.6 Å². The molecule has 0 radical (unpaired) electrons. The van der Waals surface area contributed by atoms with Gasteiger partial charge in [-0.1, -0.05) is 30.3 Å². The Labute approximate surface area is 200 Å². The fourth-order valence-electron chi connectivity index (χ4n) is 3.80. The van der Waals surface area contributed by atoms with Crippen molar-refractivity contribution in [1.82, 2.24) is 0 Å². The van der Waals surface area contributed by atoms with Crippen molar-refractivity contribution in [3.63, 3.8) is 0 Å². The first-order valence-electron chi connectivity index (χ1n) is 11.0. The van der Waals surface area contributed by atoms with Gasteiger partial charge in [0.1, 0.15) is 5.75 Å². The average molecular weight is 478 g/mol. The SMILES string of the molecule is COc1ccc(NS(=O)(=O)c2ccc(N3CCCC3)c(NC(=O)/C=C/c3ccccc3)c2)cc1. The second-order valence-electron chi connectivity index (χ2n) is 7.94. The Morgan fingerprint density at radius 1 is 0.971 bits per heavy atom. The largest absolute Gasteiger partial charge is 0.497 e. The highest BCUT2D eigenvalue weighted by molar-refractivity contribution is 7.92. The van der Waals surface area contributed by atoms with Gasteiger partial charge in [-0.2, -0.15) is 0 Å². The zero-order chi connectivity index (χ0) is 24.0. The van der Waals surface area contributed by atoms with Crippen molar-refractivity contribution >= 4 is 39.1 Å². The van der Waals surface area contributed by atoms with Gasteiger partial charge >= 0.3 is 0 Å². The molecular weight excluding hydrogens is 450 g/mol. The van der Waals surface area contributed by atoms with Crippen LogP contribution in [0.5, 0.6) is 5.75 Å². The molecule has 4 rings (SSSR count). The van der Waals surface area contributed by atoms with Crippen LogP contribution in [0.2, 0.25) is 0 Å². The van der Waals surface area contributed by atoms with Gasteiger partial charge in [0.05, 0.1) is 23.4 Å². The summed E-state index contributed by atoms with van der Waals surface area (Å²) in [7, 11) is -2.32. The van der Waals surface area contributed by atoms with Crippen LogP contribution in [0.15, 0.2) is 83.8 Å². The topological polar surface area (TPSA) is 87.7 Å². The molecule has 7 nitrogen and oxygen atoms in total. The number of nitrogens with zero attached hydrogens (tertiary/aromatic N) is 1. The molecule has 1 heterocycles. The van der Waals surface area contributed by atoms with E-state index in [0.717, 1.165) is 37.2 Å². The number of sulfonamides is 1. The number of anilines is 3. The molecule has 0 unspecified atom stereocenters. The van der Waals surface area contributed by atoms with Gasteiger partial charge in [0.2, 0.25) is 5.91 Å². The predicted octanol–water partition coefficient (Wildman–Crippen LogP) is 4.75. The van der Waals surface area contributed by atoms with E-state index in [-0.39, 0.29) is 10.8 Å². The molecule has 0 spiro atoms. The van der Waals surface area contributed by atoms with E-state index in [9.17, 15) is 13.2 Å². The van der Waals surface area contributed by atoms with Gasteiger partial charge in [0.15, 0.2) is 0 Å². The van der Waals surface area contributed by atoms with Crippen LogP contribution in [0, 0.1) is 0 Å². The monoisotopic (exact) mass is 477 g/mol. The zero-order valence-electron chi connectivity index (χ0n) is 18.9. The standard InChI is InChI=1S/C26H27N3O4S/c1-33-22-12-10-21(11-13-22)28-34(31,32)23-14-15-25(29-17-5-6-18-29)24(19-23)27-26(30)16-9-20-7-3-2-4-8-20/h2-4,7-16,19,28H,5-6,17-18H2,1H3,(H,27,30)/b16-9+. The number of amides is 1. The Morgan fingerprint density at radius 3 is 2.35 bits per heavy atom. The van der Waals surface area contributed by atoms with Gasteiger partial charge in [0, 0.05) is 24.9 Å². The highest BCUT2D eigenvalue weighted by Gasteiger charge is 2.21. The molecule has 1 aliphatic rings. The fraction of sp³-hybridized carbons (Fsp3) is 0.192. The molecule has 1 fully saturated rings. The summed E-state index contributed by atoms with van der Waals surface area (Å²) in [5.74, 6) is 0.299. The fourth-order valence-corrected chi connectivity index (χ4v) is 4.88. The molecule has 34 heavy (non-hydrogen) atoms. The van der Waals surface area contributed by atoms with Gasteiger partial charge in [-0.15, -0.1) is 0 Å². The highest BCUT2D eigenvalue weighted by atomic mass is 32.2. The number of benzene rings is 3. The molecule has 0 atom stereocenters. The number of hydrogen-bond acceptors (Lipinski definition) is 5. The second kappa shape index (κ2) is 10.4. The second-order valence-corrected chi connectivity index (χ2v) is 9.62. The van der Waals surface area contributed by atoms with Crippen molar-refractivity contribution in [1.29, 1.82) is 0 Å². The summed E-state index contributed by atoms with van der Waals surface area (Å²) in [6.07, 6.45) is 5.28. The van der Waals surface area contributed by atoms with Crippen LogP contribution in [0.25, 0.3) is 6.08 Å². The van der Waals surface area contributed by atoms with Crippen molar-refractivity contribution in [3.05, 3.63) is 84.4 Å². The summed E-state index contributed by atoms with van der Waals surface area (Å²) in [4.78, 5) is 14.9. The molecule has 0 saturated carbocycles. The van der Waals surface area contributed by atoms with Crippen LogP contribution in [0.4, 0.5) is 17.1 Å². The molecule has 0 aromatic heterocycles. The van der Waals surface area contributed by atoms with Crippen LogP contribution in [0.1, 0.15) is 18.4 Å². The molecule has 1 amide bonds. The van der Waals surface area contributed by atoms with Gasteiger partial charge in [-0.3, -0.25) is 9.52 Å². The summed E-state index contributed by atoms with van der Waals surface area (Å²) in [5, 5.41) is 2.87. The predicted molar refractivity (Wildman–Crippen MR) is 136 cm³/mol. The summed E-state index contributed by atoms with van der Waals surface area (Å²) in [5.41, 5.74) is 2.59. The first-order valence-corrected chi connectivity index (χ1v) is 12.5. The zero-order valence-corrected chi connectivity index (χ0v) is 19.7. The third-order valence-corrected chi connectivity index (χ3v) is 6.93. The number of hydrogen-bond donors (Lipinski definition) is 2. The Morgan fingerprint density at radius 2 is 1.68 bits per heavy atom. The molecule has 1 saturated heterocycles. The van der Waals surface area contributed by atoms with Crippen LogP contribution in [-0.2, 0) is 14.8 Å². The van der Waals surface area contributed by atoms with Gasteiger partial charge in [0.25, 0.3) is 10.0 Å². The normalized spacial score (nSPS) is 13.7. The van der Waals surface area contributed by atoms with E-state index in [2.05, 4.69) is 14.9 Å². The maximum Gasteiger partial charge on any atom is 0.261 e. The molecule has 3 aromatic carbocycles. The quantitative estimate of drug-likeness (QED) is 0.457. The minimum absolute atomic E-state index is 0.0635. The summed E-state index contributed by atoms with van der Waals surface area (Å²) < 4.78 is 33.8. The summed E-state index contributed by atoms with van der Waals surface area (Å²) in [6, 6.07) is 20.9. The Hall–Kier alpha value is -3.78. The molecule has 0 bridgehead atoms. The smallest absolute Gasteiger partial charge is 0.261 e. The lowest BCUT2D eigenvalue weighted by Gasteiger charge is -2.22. The maximum absolute atomic E-state index is 13.1. The lowest BCUT2D eigenvalue weighted by molar-refractivity contribution is -0.111. The van der Waals surface area contributed by atoms with Crippen molar-refractivity contribution in [2.45, 2.75) is 17.7 Å². The Bertz CT molecular complexity index is 1270. The first-order chi connectivity index (χ1) is 16.4. The summed E-state index contributed by atoms with van der Waals surface area (Å²) >= 11 is 0. The van der Waals surface area contributed by atoms with Crippen molar-refractivity contribution in [3.8, 4) is 5.75 Å². The lowest BCUT2D eigenvalue weighted by Crippen LogP contribution is -2.21. The number of carbonyl (C=O) groups is 1. The lowest BCUT2D eigenvalue weighted by atomic mass is 10.2. The van der Waals surface area contributed by atoms with Crippen LogP contribution in [0.3, 0.4) is 0 Å². The van der Waals surface area contributed by atoms with E-state index in [0.29, 0.717) is 17.1 Å². The molecule has 1 aliphatic heterocycles. The summed E-state index contributed by atoms with van der Waals surface area (Å²) in [6.45, 7) is 1.72. The van der Waals surface area contributed by atoms with Crippen molar-refractivity contribution < 1.29 is 17.9 Å². The molecule has 3 aromatic rings. The number of rotatable bonds is 8. The van der Waals surface area contributed by atoms with E-state index in [1.165, 1.54) is 12.1 Å². The molecular formula is C26H27N3O4S. The van der Waals surface area contributed by atoms with E-state index < -0.39 is 10.0 Å². The van der Waals surface area contributed by atoms with E-state index in [1.807, 2.05) is 30.3 Å². The third kappa shape index (κ3) is 5.77. The number of carbonyl (C=O) groups excluding carboxylic acids is 1. The van der Waals surface area contributed by atoms with E-state index >= 15 is 0 Å². The Kier molecular flexibility index (Phi) is 7.18. The van der Waals surface area contributed by atoms with Gasteiger partial charge in [-0.05, 0) is 66.9 Å². The van der Waals surface area contributed by atoms with Crippen molar-refractivity contribution in [2.75, 3.05) is 35.1 Å². The first kappa shape index (κ1) is 23.4. The average Bonchev–Trinajstić information content (AvgIpc) is 3.38. The van der Waals surface area contributed by atoms with Crippen LogP contribution in [-0.4, -0.2) is 34.5 Å². The van der Waals surface area contributed by atoms with Gasteiger partial charge < -0.3 is 15.0 Å². The van der Waals surface area contributed by atoms with Crippen LogP contribution >= 0.6 is 0 Å². The minimum atomic E-state index is -3.87. The highest BCUT2D eigenvalue weighted by Crippen LogP contribution is 2.32. The van der Waals surface area contributed by atoms with Crippen LogP contribution < -0.4 is 19.7 Å². The van der Waals surface area contributed by atoms with Crippen molar-refractivity contribution in [2.24, 2.45) is 0 Å². The maximum atomic E-state index is 13.1. The molecule has 0 aliphatic carbocycles. The van der Waals surface area contributed by atoms with E-state index in [4.69, 9.17) is 4.74 Å². The number of methoxy groups -OCH3 is 1. The Balaban J connectivity index is 1.59. The molecule has 2 N–H and O–H groups in total. The number of ether oxygens (including phenoxy) is 1.